The third-order valence-corrected chi connectivity index (χ3v) is 22.4. The predicted molar refractivity (Wildman–Crippen MR) is 366 cm³/mol. The first-order valence-corrected chi connectivity index (χ1v) is 31.4. The fraction of sp³-hybridized carbons (Fsp3) is 0.456. The molecule has 7 heteroatoms. The second-order valence-corrected chi connectivity index (χ2v) is 28.0. The molecule has 0 fully saturated rings. The average Bonchev–Trinajstić information content (AvgIpc) is 1.50. The van der Waals surface area contributed by atoms with Crippen molar-refractivity contribution in [3.63, 3.8) is 0 Å². The molecule has 3 aliphatic carbocycles. The second-order valence-electron chi connectivity index (χ2n) is 28.0. The summed E-state index contributed by atoms with van der Waals surface area (Å²) in [5, 5.41) is 2.70. The molecule has 0 radical (unpaired) electrons. The molecule has 4 heterocycles. The lowest BCUT2D eigenvalue weighted by Crippen LogP contribution is -2.19. The molecule has 5 aromatic carbocycles. The van der Waals surface area contributed by atoms with Gasteiger partial charge < -0.3 is 0 Å². The molecule has 0 saturated carbocycles. The van der Waals surface area contributed by atoms with Crippen molar-refractivity contribution < 1.29 is 0 Å². The van der Waals surface area contributed by atoms with Gasteiger partial charge in [-0.2, -0.15) is 0 Å². The topological polar surface area (TPSA) is 90.2 Å². The Morgan fingerprint density at radius 2 is 0.477 bits per heavy atom. The van der Waals surface area contributed by atoms with Crippen molar-refractivity contribution in [3.8, 4) is 33.6 Å². The normalized spacial score (nSPS) is 14.2. The van der Waals surface area contributed by atoms with E-state index in [-0.39, 0.29) is 16.2 Å². The molecular formula is C79H99N7. The molecule has 0 unspecified atom stereocenters. The highest BCUT2D eigenvalue weighted by Gasteiger charge is 2.44. The van der Waals surface area contributed by atoms with Gasteiger partial charge in [0.15, 0.2) is 0 Å². The van der Waals surface area contributed by atoms with Crippen LogP contribution in [0, 0.1) is 187 Å². The second kappa shape index (κ2) is 21.4. The first-order chi connectivity index (χ1) is 39.7. The Bertz CT molecular complexity index is 4260. The Labute approximate surface area is 517 Å². The van der Waals surface area contributed by atoms with Crippen molar-refractivity contribution in [2.24, 2.45) is 0 Å². The van der Waals surface area contributed by atoms with E-state index in [1.54, 1.807) is 0 Å². The van der Waals surface area contributed by atoms with Crippen molar-refractivity contribution >= 4 is 21.8 Å². The van der Waals surface area contributed by atoms with Gasteiger partial charge in [0.1, 0.15) is 17.5 Å². The molecular weight excluding hydrogens is 1050 g/mol. The number of hydrogen-bond acceptors (Lipinski definition) is 7. The minimum atomic E-state index is -0.0452. The highest BCUT2D eigenvalue weighted by Crippen LogP contribution is 2.56. The first kappa shape index (κ1) is 63.5. The molecule has 7 nitrogen and oxygen atoms in total. The van der Waals surface area contributed by atoms with Crippen molar-refractivity contribution in [2.75, 3.05) is 0 Å². The molecule has 3 aliphatic rings. The molecule has 86 heavy (non-hydrogen) atoms. The number of aryl methyl sites for hydroxylation is 11. The van der Waals surface area contributed by atoms with E-state index in [0.717, 1.165) is 45.9 Å². The van der Waals surface area contributed by atoms with E-state index in [4.69, 9.17) is 19.9 Å². The summed E-state index contributed by atoms with van der Waals surface area (Å²) < 4.78 is 0. The van der Waals surface area contributed by atoms with Crippen LogP contribution in [0.4, 0.5) is 0 Å². The number of fused-ring (bicyclic) bond motifs is 11. The lowest BCUT2D eigenvalue weighted by atomic mass is 9.77. The first-order valence-electron chi connectivity index (χ1n) is 31.4. The molecule has 0 N–H and O–H groups in total. The molecule has 12 rings (SSSR count). The molecule has 0 bridgehead atoms. The summed E-state index contributed by atoms with van der Waals surface area (Å²) in [6.45, 7) is 73.1. The van der Waals surface area contributed by atoms with Crippen molar-refractivity contribution in [3.05, 3.63) is 185 Å². The predicted octanol–water partition coefficient (Wildman–Crippen LogP) is 20.1. The van der Waals surface area contributed by atoms with Gasteiger partial charge in [0.25, 0.3) is 0 Å². The maximum atomic E-state index is 5.16. The van der Waals surface area contributed by atoms with Crippen LogP contribution >= 0.6 is 0 Å². The van der Waals surface area contributed by atoms with Crippen LogP contribution in [0.2, 0.25) is 0 Å². The average molecular weight is 1150 g/mol. The molecule has 0 atom stereocenters. The summed E-state index contributed by atoms with van der Waals surface area (Å²) in [5.41, 5.74) is 50.5. The van der Waals surface area contributed by atoms with Crippen LogP contribution in [-0.2, 0) is 16.2 Å². The van der Waals surface area contributed by atoms with Gasteiger partial charge in [-0.25, -0.2) is 34.9 Å². The Hall–Kier alpha value is -6.99. The van der Waals surface area contributed by atoms with Crippen LogP contribution < -0.4 is 0 Å². The van der Waals surface area contributed by atoms with Crippen LogP contribution in [0.25, 0.3) is 55.4 Å². The van der Waals surface area contributed by atoms with Crippen molar-refractivity contribution in [2.45, 2.75) is 245 Å². The van der Waals surface area contributed by atoms with Crippen LogP contribution in [0.5, 0.6) is 0 Å². The summed E-state index contributed by atoms with van der Waals surface area (Å²) in [6.07, 6.45) is 0. The molecule has 450 valence electrons. The van der Waals surface area contributed by atoms with E-state index in [0.29, 0.717) is 0 Å². The van der Waals surface area contributed by atoms with Crippen molar-refractivity contribution in [1.82, 2.24) is 34.9 Å². The van der Waals surface area contributed by atoms with Gasteiger partial charge in [0.2, 0.25) is 0 Å². The zero-order valence-corrected chi connectivity index (χ0v) is 59.1. The van der Waals surface area contributed by atoms with E-state index in [9.17, 15) is 0 Å². The quantitative estimate of drug-likeness (QED) is 0.140. The standard InChI is InChI=1S/C22H27N.3C19H24N2/c1-10-12(3)16(7)21-19(14(10)5)18(9)20-15(6)11(2)13(4)17(8)22(20)23-21;1-9-10(2)12(4)17-15(11(9)3)16-13(5)20-14(6)21-18(16)19(17,7)8;2*1-9-10(2)12(4)16-15(11(9)3)18-17(19(16,7)8)13(5)20-14(6)21-18/h1-9H3;3*1-8H3. The number of aromatic nitrogens is 7. The van der Waals surface area contributed by atoms with Gasteiger partial charge in [-0.3, -0.25) is 0 Å². The van der Waals surface area contributed by atoms with E-state index in [1.807, 2.05) is 20.8 Å². The largest absolute Gasteiger partial charge is 0.247 e. The third kappa shape index (κ3) is 9.11. The van der Waals surface area contributed by atoms with Crippen molar-refractivity contribution in [1.29, 1.82) is 0 Å². The monoisotopic (exact) mass is 1150 g/mol. The van der Waals surface area contributed by atoms with Crippen LogP contribution in [0.1, 0.15) is 226 Å². The molecule has 0 saturated heterocycles. The SMILES string of the molecule is Cc1c(C)c(C)c2c(C)c3c(C)c(C)c(C)c(C)c3nc2c1C.Cc1nc(C)c2c(n1)-c1c(C)c(C)c(C)c(C)c1C2(C)C.Cc1nc(C)c2c(n1)-c1c(C)c(C)c(C)c(C)c1C2(C)C.Cc1nc(C)c2c(n1)C(C)(C)c1c(C)c(C)c(C)c(C)c1-2. The highest BCUT2D eigenvalue weighted by molar-refractivity contribution is 6.04. The fourth-order valence-corrected chi connectivity index (χ4v) is 16.3. The minimum absolute atomic E-state index is 0.0181. The molecule has 4 aromatic heterocycles. The number of hydrogen-bond donors (Lipinski definition) is 0. The lowest BCUT2D eigenvalue weighted by Gasteiger charge is -2.26. The van der Waals surface area contributed by atoms with Crippen LogP contribution in [0.3, 0.4) is 0 Å². The maximum absolute atomic E-state index is 5.16. The van der Waals surface area contributed by atoms with Gasteiger partial charge >= 0.3 is 0 Å². The third-order valence-electron chi connectivity index (χ3n) is 22.4. The number of pyridine rings is 1. The van der Waals surface area contributed by atoms with Gasteiger partial charge in [0, 0.05) is 71.9 Å². The lowest BCUT2D eigenvalue weighted by molar-refractivity contribution is 0.625. The smallest absolute Gasteiger partial charge is 0.126 e. The molecule has 0 amide bonds. The summed E-state index contributed by atoms with van der Waals surface area (Å²) >= 11 is 0. The summed E-state index contributed by atoms with van der Waals surface area (Å²) in [5.74, 6) is 2.60. The zero-order chi connectivity index (χ0) is 64.3. The van der Waals surface area contributed by atoms with Gasteiger partial charge in [-0.05, 0) is 326 Å². The molecule has 0 aliphatic heterocycles. The van der Waals surface area contributed by atoms with E-state index in [1.165, 1.54) is 194 Å². The zero-order valence-electron chi connectivity index (χ0n) is 59.1. The summed E-state index contributed by atoms with van der Waals surface area (Å²) in [4.78, 5) is 33.5. The van der Waals surface area contributed by atoms with Gasteiger partial charge in [-0.15, -0.1) is 0 Å². The molecule has 9 aromatic rings. The van der Waals surface area contributed by atoms with E-state index >= 15 is 0 Å². The Balaban J connectivity index is 0.000000137. The summed E-state index contributed by atoms with van der Waals surface area (Å²) in [6, 6.07) is 0. The van der Waals surface area contributed by atoms with E-state index < -0.39 is 0 Å². The highest BCUT2D eigenvalue weighted by atomic mass is 14.9. The fourth-order valence-electron chi connectivity index (χ4n) is 16.3. The van der Waals surface area contributed by atoms with E-state index in [2.05, 4.69) is 223 Å². The van der Waals surface area contributed by atoms with Gasteiger partial charge in [0.05, 0.1) is 28.1 Å². The summed E-state index contributed by atoms with van der Waals surface area (Å²) in [7, 11) is 0. The van der Waals surface area contributed by atoms with Crippen LogP contribution in [0.15, 0.2) is 0 Å². The number of rotatable bonds is 0. The minimum Gasteiger partial charge on any atom is -0.247 e. The van der Waals surface area contributed by atoms with Crippen LogP contribution in [-0.4, -0.2) is 34.9 Å². The Morgan fingerprint density at radius 3 is 0.837 bits per heavy atom. The Morgan fingerprint density at radius 1 is 0.198 bits per heavy atom. The maximum Gasteiger partial charge on any atom is 0.126 e. The Kier molecular flexibility index (Phi) is 15.8. The number of benzene rings is 5. The van der Waals surface area contributed by atoms with Gasteiger partial charge in [-0.1, -0.05) is 41.5 Å². The number of nitrogens with zero attached hydrogens (tertiary/aromatic N) is 7. The molecule has 0 spiro atoms.